The Hall–Kier alpha value is -3.27. The summed E-state index contributed by atoms with van der Waals surface area (Å²) < 4.78 is 17.4. The van der Waals surface area contributed by atoms with Crippen molar-refractivity contribution >= 4 is 5.97 Å². The zero-order valence-corrected chi connectivity index (χ0v) is 19.6. The maximum absolute atomic E-state index is 12.0. The van der Waals surface area contributed by atoms with Crippen LogP contribution in [0.1, 0.15) is 60.8 Å². The van der Waals surface area contributed by atoms with Crippen LogP contribution in [0.25, 0.3) is 0 Å². The highest BCUT2D eigenvalue weighted by molar-refractivity contribution is 5.86. The molecule has 4 heteroatoms. The molecule has 6 rings (SSSR count). The van der Waals surface area contributed by atoms with E-state index >= 15 is 0 Å². The van der Waals surface area contributed by atoms with Crippen molar-refractivity contribution in [3.05, 3.63) is 94.1 Å². The number of carbonyl (C=O) groups is 1. The average Bonchev–Trinajstić information content (AvgIpc) is 2.85. The van der Waals surface area contributed by atoms with Crippen molar-refractivity contribution in [2.75, 3.05) is 20.8 Å². The summed E-state index contributed by atoms with van der Waals surface area (Å²) in [5.74, 6) is 1.63. The Kier molecular flexibility index (Phi) is 5.40. The van der Waals surface area contributed by atoms with Gasteiger partial charge in [0.25, 0.3) is 0 Å². The summed E-state index contributed by atoms with van der Waals surface area (Å²) in [6, 6.07) is 12.8. The number of methoxy groups -OCH3 is 2. The molecule has 2 bridgehead atoms. The van der Waals surface area contributed by atoms with Crippen LogP contribution in [0.4, 0.5) is 0 Å². The van der Waals surface area contributed by atoms with Crippen molar-refractivity contribution in [1.29, 1.82) is 0 Å². The standard InChI is InChI=1S/C29H30O4/c1-18(2)28(30)33-17-9-16-29-21-12-7-5-10-19(21)25(20-11-6-8-13-22(20)29)26-23(31-3)14-15-24(32-4)27(26)29/h5,7-8,10,12-15,25H,1,6,9,11,16-17H2,2-4H3. The van der Waals surface area contributed by atoms with Crippen molar-refractivity contribution in [2.24, 2.45) is 0 Å². The number of rotatable bonds is 7. The lowest BCUT2D eigenvalue weighted by Crippen LogP contribution is -2.43. The molecule has 0 saturated carbocycles. The van der Waals surface area contributed by atoms with Crippen LogP contribution in [0.3, 0.4) is 0 Å². The van der Waals surface area contributed by atoms with Gasteiger partial charge in [-0.25, -0.2) is 4.79 Å². The van der Waals surface area contributed by atoms with Gasteiger partial charge in [-0.3, -0.25) is 0 Å². The molecule has 4 aliphatic rings. The molecule has 0 spiro atoms. The van der Waals surface area contributed by atoms with E-state index in [1.807, 2.05) is 12.1 Å². The van der Waals surface area contributed by atoms with Crippen molar-refractivity contribution in [2.45, 2.75) is 43.9 Å². The van der Waals surface area contributed by atoms with Crippen molar-refractivity contribution < 1.29 is 19.0 Å². The van der Waals surface area contributed by atoms with E-state index in [0.717, 1.165) is 37.2 Å². The Morgan fingerprint density at radius 3 is 2.64 bits per heavy atom. The molecular formula is C29H30O4. The highest BCUT2D eigenvalue weighted by atomic mass is 16.5. The van der Waals surface area contributed by atoms with Gasteiger partial charge < -0.3 is 14.2 Å². The molecule has 2 aromatic rings. The van der Waals surface area contributed by atoms with Gasteiger partial charge >= 0.3 is 5.97 Å². The van der Waals surface area contributed by atoms with E-state index in [2.05, 4.69) is 43.0 Å². The first kappa shape index (κ1) is 21.6. The van der Waals surface area contributed by atoms with Gasteiger partial charge in [0.05, 0.1) is 20.8 Å². The summed E-state index contributed by atoms with van der Waals surface area (Å²) in [5, 5.41) is 0. The molecule has 0 radical (unpaired) electrons. The van der Waals surface area contributed by atoms with Crippen LogP contribution in [-0.2, 0) is 14.9 Å². The molecule has 0 fully saturated rings. The van der Waals surface area contributed by atoms with Gasteiger partial charge in [-0.2, -0.15) is 0 Å². The van der Waals surface area contributed by atoms with E-state index in [1.165, 1.54) is 33.4 Å². The Morgan fingerprint density at radius 2 is 1.88 bits per heavy atom. The fourth-order valence-corrected chi connectivity index (χ4v) is 6.14. The normalized spacial score (nSPS) is 21.7. The Balaban J connectivity index is 1.71. The quantitative estimate of drug-likeness (QED) is 0.300. The molecule has 0 amide bonds. The molecule has 4 nitrogen and oxygen atoms in total. The van der Waals surface area contributed by atoms with Crippen LogP contribution >= 0.6 is 0 Å². The summed E-state index contributed by atoms with van der Waals surface area (Å²) in [6.45, 7) is 5.73. The lowest BCUT2D eigenvalue weighted by molar-refractivity contribution is -0.139. The van der Waals surface area contributed by atoms with Gasteiger partial charge in [-0.1, -0.05) is 48.6 Å². The van der Waals surface area contributed by atoms with Gasteiger partial charge in [-0.15, -0.1) is 0 Å². The second-order valence-electron chi connectivity index (χ2n) is 9.08. The number of benzene rings is 2. The van der Waals surface area contributed by atoms with Gasteiger partial charge in [0.1, 0.15) is 11.5 Å². The number of ether oxygens (including phenoxy) is 3. The molecule has 33 heavy (non-hydrogen) atoms. The summed E-state index contributed by atoms with van der Waals surface area (Å²) in [5.41, 5.74) is 8.01. The SMILES string of the molecule is C=C(C)C(=O)OCCCC12C3=C(CCC=C3)C(c3ccccc31)c1c(OC)ccc(OC)c12. The minimum atomic E-state index is -0.373. The molecular weight excluding hydrogens is 412 g/mol. The highest BCUT2D eigenvalue weighted by Gasteiger charge is 2.54. The van der Waals surface area contributed by atoms with Crippen LogP contribution < -0.4 is 9.47 Å². The Labute approximate surface area is 195 Å². The van der Waals surface area contributed by atoms with Crippen molar-refractivity contribution in [3.63, 3.8) is 0 Å². The summed E-state index contributed by atoms with van der Waals surface area (Å²) in [4.78, 5) is 12.0. The maximum atomic E-state index is 12.0. The molecule has 2 atom stereocenters. The van der Waals surface area contributed by atoms with Gasteiger partial charge in [0.15, 0.2) is 0 Å². The van der Waals surface area contributed by atoms with Crippen LogP contribution in [0, 0.1) is 0 Å². The van der Waals surface area contributed by atoms with E-state index in [1.54, 1.807) is 21.1 Å². The average molecular weight is 443 g/mol. The first-order chi connectivity index (χ1) is 16.0. The number of hydrogen-bond donors (Lipinski definition) is 0. The molecule has 2 unspecified atom stereocenters. The molecule has 170 valence electrons. The summed E-state index contributed by atoms with van der Waals surface area (Å²) in [7, 11) is 3.49. The zero-order valence-electron chi connectivity index (χ0n) is 19.6. The Morgan fingerprint density at radius 1 is 1.12 bits per heavy atom. The van der Waals surface area contributed by atoms with E-state index in [9.17, 15) is 4.79 Å². The Bertz CT molecular complexity index is 1200. The predicted octanol–water partition coefficient (Wildman–Crippen LogP) is 5.99. The van der Waals surface area contributed by atoms with E-state index in [4.69, 9.17) is 14.2 Å². The van der Waals surface area contributed by atoms with E-state index < -0.39 is 0 Å². The number of carbonyl (C=O) groups excluding carboxylic acids is 1. The minimum absolute atomic E-state index is 0.171. The topological polar surface area (TPSA) is 44.8 Å². The van der Waals surface area contributed by atoms with E-state index in [0.29, 0.717) is 12.2 Å². The molecule has 0 aromatic heterocycles. The smallest absolute Gasteiger partial charge is 0.333 e. The lowest BCUT2D eigenvalue weighted by Gasteiger charge is -2.53. The monoisotopic (exact) mass is 442 g/mol. The number of hydrogen-bond acceptors (Lipinski definition) is 4. The van der Waals surface area contributed by atoms with Crippen LogP contribution in [0.5, 0.6) is 11.5 Å². The van der Waals surface area contributed by atoms with Crippen LogP contribution in [0.15, 0.2) is 71.8 Å². The first-order valence-electron chi connectivity index (χ1n) is 11.6. The first-order valence-corrected chi connectivity index (χ1v) is 11.6. The van der Waals surface area contributed by atoms with Crippen molar-refractivity contribution in [3.8, 4) is 11.5 Å². The van der Waals surface area contributed by atoms with Gasteiger partial charge in [0.2, 0.25) is 0 Å². The molecule has 2 aromatic carbocycles. The third-order valence-electron chi connectivity index (χ3n) is 7.35. The summed E-state index contributed by atoms with van der Waals surface area (Å²) in [6.07, 6.45) is 8.23. The van der Waals surface area contributed by atoms with Gasteiger partial charge in [0, 0.05) is 28.0 Å². The van der Waals surface area contributed by atoms with E-state index in [-0.39, 0.29) is 17.3 Å². The fourth-order valence-electron chi connectivity index (χ4n) is 6.14. The molecule has 0 saturated heterocycles. The zero-order chi connectivity index (χ0) is 23.2. The number of allylic oxidation sites excluding steroid dienone is 4. The van der Waals surface area contributed by atoms with Crippen LogP contribution in [-0.4, -0.2) is 26.8 Å². The summed E-state index contributed by atoms with van der Waals surface area (Å²) >= 11 is 0. The second-order valence-corrected chi connectivity index (χ2v) is 9.08. The number of esters is 1. The van der Waals surface area contributed by atoms with Gasteiger partial charge in [-0.05, 0) is 61.4 Å². The lowest BCUT2D eigenvalue weighted by atomic mass is 9.50. The fraction of sp³-hybridized carbons (Fsp3) is 0.345. The molecule has 4 aliphatic carbocycles. The predicted molar refractivity (Wildman–Crippen MR) is 129 cm³/mol. The molecule has 0 aliphatic heterocycles. The third kappa shape index (κ3) is 3.07. The molecule has 0 heterocycles. The third-order valence-corrected chi connectivity index (χ3v) is 7.35. The van der Waals surface area contributed by atoms with Crippen LogP contribution in [0.2, 0.25) is 0 Å². The highest BCUT2D eigenvalue weighted by Crippen LogP contribution is 2.65. The second kappa shape index (κ2) is 8.26. The molecule has 0 N–H and O–H groups in total. The maximum Gasteiger partial charge on any atom is 0.333 e. The minimum Gasteiger partial charge on any atom is -0.496 e. The largest absolute Gasteiger partial charge is 0.496 e. The van der Waals surface area contributed by atoms with Crippen molar-refractivity contribution in [1.82, 2.24) is 0 Å².